The molecule has 1 aromatic carbocycles. The molecule has 0 amide bonds. The number of sulfonamides is 1. The second-order valence-electron chi connectivity index (χ2n) is 4.92. The van der Waals surface area contributed by atoms with Crippen LogP contribution in [-0.4, -0.2) is 37.6 Å². The number of aliphatic imine (C=N–C) groups is 1. The van der Waals surface area contributed by atoms with Crippen molar-refractivity contribution in [2.75, 3.05) is 19.8 Å². The Morgan fingerprint density at radius 2 is 1.78 bits per heavy atom. The van der Waals surface area contributed by atoms with Gasteiger partial charge in [0.2, 0.25) is 10.0 Å². The number of nitrogens with zero attached hydrogens (tertiary/aromatic N) is 2. The van der Waals surface area contributed by atoms with Crippen molar-refractivity contribution >= 4 is 27.2 Å². The number of anilines is 1. The highest BCUT2D eigenvalue weighted by Crippen LogP contribution is 2.19. The number of nitrogens with one attached hydrogen (secondary N) is 1. The zero-order chi connectivity index (χ0) is 17.2. The minimum Gasteiger partial charge on any atom is -0.398 e. The molecule has 0 saturated heterocycles. The third-order valence-corrected chi connectivity index (χ3v) is 4.94. The van der Waals surface area contributed by atoms with Crippen molar-refractivity contribution in [2.45, 2.75) is 4.90 Å². The van der Waals surface area contributed by atoms with Crippen molar-refractivity contribution in [1.82, 2.24) is 9.29 Å². The number of nitrogen functional groups attached to an aromatic ring is 1. The first-order valence-corrected chi connectivity index (χ1v) is 8.02. The molecule has 1 aromatic heterocycles. The summed E-state index contributed by atoms with van der Waals surface area (Å²) in [6, 6.07) is 7.33. The van der Waals surface area contributed by atoms with Gasteiger partial charge in [0.1, 0.15) is 11.4 Å². The minimum absolute atomic E-state index is 0.0485. The largest absolute Gasteiger partial charge is 0.398 e. The average molecular weight is 335 g/mol. The smallest absolute Gasteiger partial charge is 0.261 e. The Kier molecular flexibility index (Phi) is 4.52. The molecule has 0 atom stereocenters. The Balaban J connectivity index is 2.39. The average Bonchev–Trinajstić information content (AvgIpc) is 2.47. The van der Waals surface area contributed by atoms with E-state index in [9.17, 15) is 13.2 Å². The van der Waals surface area contributed by atoms with Crippen LogP contribution < -0.4 is 17.0 Å². The summed E-state index contributed by atoms with van der Waals surface area (Å²) in [5.74, 6) is -0.0485. The van der Waals surface area contributed by atoms with Gasteiger partial charge in [-0.25, -0.2) is 17.7 Å². The minimum atomic E-state index is -3.51. The van der Waals surface area contributed by atoms with Crippen LogP contribution in [0.3, 0.4) is 0 Å². The van der Waals surface area contributed by atoms with Crippen LogP contribution in [0.25, 0.3) is 0 Å². The lowest BCUT2D eigenvalue weighted by molar-refractivity contribution is 0.521. The number of H-pyrrole nitrogens is 1. The van der Waals surface area contributed by atoms with Crippen molar-refractivity contribution < 1.29 is 8.42 Å². The number of hydrogen-bond acceptors (Lipinski definition) is 5. The molecule has 0 aliphatic heterocycles. The Bertz CT molecular complexity index is 899. The molecule has 0 unspecified atom stereocenters. The quantitative estimate of drug-likeness (QED) is 0.543. The maximum atomic E-state index is 12.0. The molecule has 8 nitrogen and oxygen atoms in total. The van der Waals surface area contributed by atoms with E-state index in [-0.39, 0.29) is 22.0 Å². The molecule has 0 radical (unpaired) electrons. The van der Waals surface area contributed by atoms with Crippen LogP contribution in [0.4, 0.5) is 11.4 Å². The second-order valence-corrected chi connectivity index (χ2v) is 7.07. The van der Waals surface area contributed by atoms with E-state index in [1.807, 2.05) is 0 Å². The third-order valence-electron chi connectivity index (χ3n) is 3.11. The van der Waals surface area contributed by atoms with Crippen LogP contribution in [0.1, 0.15) is 5.56 Å². The Labute approximate surface area is 133 Å². The molecule has 0 spiro atoms. The van der Waals surface area contributed by atoms with Gasteiger partial charge < -0.3 is 16.5 Å². The van der Waals surface area contributed by atoms with Crippen molar-refractivity contribution in [2.24, 2.45) is 10.7 Å². The molecular weight excluding hydrogens is 318 g/mol. The summed E-state index contributed by atoms with van der Waals surface area (Å²) in [6.45, 7) is 0. The van der Waals surface area contributed by atoms with E-state index in [4.69, 9.17) is 11.5 Å². The number of nitrogens with two attached hydrogens (primary N) is 2. The lowest BCUT2D eigenvalue weighted by Crippen LogP contribution is -2.25. The van der Waals surface area contributed by atoms with Gasteiger partial charge in [-0.3, -0.25) is 4.79 Å². The number of hydrogen-bond donors (Lipinski definition) is 3. The van der Waals surface area contributed by atoms with Gasteiger partial charge in [0.25, 0.3) is 5.56 Å². The first-order valence-electron chi connectivity index (χ1n) is 6.58. The molecule has 0 aliphatic rings. The van der Waals surface area contributed by atoms with Gasteiger partial charge in [-0.05, 0) is 30.3 Å². The van der Waals surface area contributed by atoms with Gasteiger partial charge in [0.15, 0.2) is 0 Å². The first-order chi connectivity index (χ1) is 10.7. The van der Waals surface area contributed by atoms with Crippen molar-refractivity contribution in [3.8, 4) is 0 Å². The zero-order valence-electron chi connectivity index (χ0n) is 12.6. The van der Waals surface area contributed by atoms with E-state index in [1.165, 1.54) is 50.6 Å². The lowest BCUT2D eigenvalue weighted by atomic mass is 10.2. The summed E-state index contributed by atoms with van der Waals surface area (Å²) >= 11 is 0. The van der Waals surface area contributed by atoms with Crippen LogP contribution in [-0.2, 0) is 10.0 Å². The van der Waals surface area contributed by atoms with Crippen LogP contribution in [0.2, 0.25) is 0 Å². The molecule has 0 saturated carbocycles. The predicted molar refractivity (Wildman–Crippen MR) is 89.2 cm³/mol. The standard InChI is InChI=1S/C14H17N5O3S/c1-19(2)23(21,22)10-5-3-9(4-6-10)18-13(16)12-11(15)7-8-17-14(12)20/h3-8H,1-2H3,(H2,16,18)(H3,15,17,20). The topological polar surface area (TPSA) is 135 Å². The summed E-state index contributed by atoms with van der Waals surface area (Å²) in [5.41, 5.74) is 11.8. The number of aromatic nitrogens is 1. The molecular formula is C14H17N5O3S. The van der Waals surface area contributed by atoms with Crippen molar-refractivity contribution in [3.05, 3.63) is 52.4 Å². The number of benzene rings is 1. The van der Waals surface area contributed by atoms with Gasteiger partial charge >= 0.3 is 0 Å². The molecule has 0 bridgehead atoms. The summed E-state index contributed by atoms with van der Waals surface area (Å²) in [5, 5.41) is 0. The van der Waals surface area contributed by atoms with E-state index in [2.05, 4.69) is 9.98 Å². The van der Waals surface area contributed by atoms with Gasteiger partial charge in [-0.1, -0.05) is 0 Å². The van der Waals surface area contributed by atoms with Crippen molar-refractivity contribution in [3.63, 3.8) is 0 Å². The lowest BCUT2D eigenvalue weighted by Gasteiger charge is -2.11. The van der Waals surface area contributed by atoms with Gasteiger partial charge in [0, 0.05) is 26.0 Å². The van der Waals surface area contributed by atoms with Crippen LogP contribution in [0.5, 0.6) is 0 Å². The predicted octanol–water partition coefficient (Wildman–Crippen LogP) is 0.244. The Morgan fingerprint density at radius 1 is 1.17 bits per heavy atom. The zero-order valence-corrected chi connectivity index (χ0v) is 13.5. The molecule has 5 N–H and O–H groups in total. The molecule has 2 rings (SSSR count). The molecule has 23 heavy (non-hydrogen) atoms. The summed E-state index contributed by atoms with van der Waals surface area (Å²) in [6.07, 6.45) is 1.41. The second kappa shape index (κ2) is 6.23. The first kappa shape index (κ1) is 16.7. The molecule has 2 aromatic rings. The van der Waals surface area contributed by atoms with Crippen LogP contribution >= 0.6 is 0 Å². The fraction of sp³-hybridized carbons (Fsp3) is 0.143. The number of rotatable bonds is 4. The van der Waals surface area contributed by atoms with E-state index >= 15 is 0 Å². The summed E-state index contributed by atoms with van der Waals surface area (Å²) < 4.78 is 25.1. The summed E-state index contributed by atoms with van der Waals surface area (Å²) in [7, 11) is -0.613. The molecule has 0 aliphatic carbocycles. The van der Waals surface area contributed by atoms with Gasteiger partial charge in [-0.15, -0.1) is 0 Å². The maximum absolute atomic E-state index is 12.0. The Hall–Kier alpha value is -2.65. The SMILES string of the molecule is CN(C)S(=O)(=O)c1ccc(N=C(N)c2c(N)cc[nH]c2=O)cc1. The van der Waals surface area contributed by atoms with E-state index in [0.717, 1.165) is 4.31 Å². The highest BCUT2D eigenvalue weighted by molar-refractivity contribution is 7.89. The molecule has 0 fully saturated rings. The van der Waals surface area contributed by atoms with E-state index in [0.29, 0.717) is 5.69 Å². The monoisotopic (exact) mass is 335 g/mol. The van der Waals surface area contributed by atoms with Crippen molar-refractivity contribution in [1.29, 1.82) is 0 Å². The Morgan fingerprint density at radius 3 is 2.30 bits per heavy atom. The fourth-order valence-electron chi connectivity index (χ4n) is 1.86. The molecule has 1 heterocycles. The number of amidine groups is 1. The summed E-state index contributed by atoms with van der Waals surface area (Å²) in [4.78, 5) is 18.5. The molecule has 122 valence electrons. The third kappa shape index (κ3) is 3.41. The van der Waals surface area contributed by atoms with E-state index in [1.54, 1.807) is 0 Å². The number of aromatic amines is 1. The van der Waals surface area contributed by atoms with Gasteiger partial charge in [-0.2, -0.15) is 0 Å². The molecule has 9 heteroatoms. The van der Waals surface area contributed by atoms with Gasteiger partial charge in [0.05, 0.1) is 10.6 Å². The maximum Gasteiger partial charge on any atom is 0.261 e. The van der Waals surface area contributed by atoms with Crippen LogP contribution in [0, 0.1) is 0 Å². The highest BCUT2D eigenvalue weighted by Gasteiger charge is 2.16. The number of pyridine rings is 1. The van der Waals surface area contributed by atoms with Crippen LogP contribution in [0.15, 0.2) is 51.2 Å². The normalized spacial score (nSPS) is 12.6. The fourth-order valence-corrected chi connectivity index (χ4v) is 2.76. The van der Waals surface area contributed by atoms with E-state index < -0.39 is 15.6 Å². The highest BCUT2D eigenvalue weighted by atomic mass is 32.2.